The molecule has 0 saturated heterocycles. The van der Waals surface area contributed by atoms with Crippen LogP contribution >= 0.6 is 11.6 Å². The van der Waals surface area contributed by atoms with Gasteiger partial charge in [0.05, 0.1) is 4.92 Å². The molecular weight excluding hydrogens is 278 g/mol. The molecular formula is C14H22ClN3O2. The van der Waals surface area contributed by atoms with Gasteiger partial charge in [0, 0.05) is 24.3 Å². The van der Waals surface area contributed by atoms with Crippen molar-refractivity contribution in [3.8, 4) is 0 Å². The highest BCUT2D eigenvalue weighted by Crippen LogP contribution is 2.31. The maximum atomic E-state index is 10.9. The third-order valence-corrected chi connectivity index (χ3v) is 3.50. The van der Waals surface area contributed by atoms with Gasteiger partial charge in [0.1, 0.15) is 5.02 Å². The van der Waals surface area contributed by atoms with Gasteiger partial charge in [-0.05, 0) is 38.6 Å². The Morgan fingerprint density at radius 2 is 2.00 bits per heavy atom. The van der Waals surface area contributed by atoms with Gasteiger partial charge in [-0.2, -0.15) is 0 Å². The molecule has 6 heteroatoms. The summed E-state index contributed by atoms with van der Waals surface area (Å²) >= 11 is 5.97. The number of hydrogen-bond acceptors (Lipinski definition) is 4. The van der Waals surface area contributed by atoms with Crippen molar-refractivity contribution in [1.29, 1.82) is 0 Å². The molecule has 0 amide bonds. The average molecular weight is 300 g/mol. The van der Waals surface area contributed by atoms with Crippen LogP contribution in [0.25, 0.3) is 0 Å². The van der Waals surface area contributed by atoms with E-state index in [0.29, 0.717) is 5.92 Å². The van der Waals surface area contributed by atoms with Crippen molar-refractivity contribution in [3.63, 3.8) is 0 Å². The topological polar surface area (TPSA) is 58.4 Å². The van der Waals surface area contributed by atoms with E-state index in [1.165, 1.54) is 6.07 Å². The summed E-state index contributed by atoms with van der Waals surface area (Å²) in [6.07, 6.45) is 0. The Morgan fingerprint density at radius 1 is 1.40 bits per heavy atom. The lowest BCUT2D eigenvalue weighted by Crippen LogP contribution is -2.36. The summed E-state index contributed by atoms with van der Waals surface area (Å²) in [4.78, 5) is 12.5. The number of benzene rings is 1. The van der Waals surface area contributed by atoms with Gasteiger partial charge in [-0.3, -0.25) is 10.1 Å². The summed E-state index contributed by atoms with van der Waals surface area (Å²) in [6.45, 7) is 7.01. The number of nitrogens with one attached hydrogen (secondary N) is 1. The molecule has 1 rings (SSSR count). The number of rotatable bonds is 6. The highest BCUT2D eigenvalue weighted by molar-refractivity contribution is 6.33. The standard InChI is InChI=1S/C14H22ClN3O2/c1-9(2)13(8-17(4)5)16-12-7-11(15)14(18(19)20)6-10(12)3/h6-7,9,13,16H,8H2,1-5H3. The van der Waals surface area contributed by atoms with Crippen molar-refractivity contribution >= 4 is 23.0 Å². The summed E-state index contributed by atoms with van der Waals surface area (Å²) < 4.78 is 0. The molecule has 112 valence electrons. The van der Waals surface area contributed by atoms with E-state index in [9.17, 15) is 10.1 Å². The molecule has 0 heterocycles. The fraction of sp³-hybridized carbons (Fsp3) is 0.571. The minimum atomic E-state index is -0.459. The molecule has 0 saturated carbocycles. The number of nitrogens with zero attached hydrogens (tertiary/aromatic N) is 2. The van der Waals surface area contributed by atoms with Gasteiger partial charge in [-0.1, -0.05) is 25.4 Å². The molecule has 0 aromatic heterocycles. The van der Waals surface area contributed by atoms with Crippen molar-refractivity contribution < 1.29 is 4.92 Å². The molecule has 0 aliphatic heterocycles. The summed E-state index contributed by atoms with van der Waals surface area (Å²) in [6, 6.07) is 3.40. The third kappa shape index (κ3) is 4.35. The van der Waals surface area contributed by atoms with E-state index in [-0.39, 0.29) is 16.8 Å². The first kappa shape index (κ1) is 16.7. The molecule has 1 atom stereocenters. The van der Waals surface area contributed by atoms with Crippen LogP contribution in [-0.4, -0.2) is 36.5 Å². The Balaban J connectivity index is 3.02. The number of aryl methyl sites for hydroxylation is 1. The molecule has 0 fully saturated rings. The lowest BCUT2D eigenvalue weighted by molar-refractivity contribution is -0.384. The van der Waals surface area contributed by atoms with E-state index in [4.69, 9.17) is 11.6 Å². The van der Waals surface area contributed by atoms with Crippen molar-refractivity contribution in [3.05, 3.63) is 32.8 Å². The minimum Gasteiger partial charge on any atom is -0.381 e. The van der Waals surface area contributed by atoms with Crippen LogP contribution in [0.4, 0.5) is 11.4 Å². The third-order valence-electron chi connectivity index (χ3n) is 3.20. The zero-order chi connectivity index (χ0) is 15.4. The van der Waals surface area contributed by atoms with Crippen LogP contribution in [0.2, 0.25) is 5.02 Å². The van der Waals surface area contributed by atoms with E-state index >= 15 is 0 Å². The number of nitro benzene ring substituents is 1. The van der Waals surface area contributed by atoms with Crippen LogP contribution in [-0.2, 0) is 0 Å². The summed E-state index contributed by atoms with van der Waals surface area (Å²) in [5.41, 5.74) is 1.62. The zero-order valence-electron chi connectivity index (χ0n) is 12.6. The molecule has 0 aliphatic carbocycles. The van der Waals surface area contributed by atoms with Gasteiger partial charge in [-0.25, -0.2) is 0 Å². The van der Waals surface area contributed by atoms with Crippen molar-refractivity contribution in [1.82, 2.24) is 4.90 Å². The average Bonchev–Trinajstić information content (AvgIpc) is 2.31. The van der Waals surface area contributed by atoms with E-state index in [2.05, 4.69) is 24.1 Å². The van der Waals surface area contributed by atoms with Crippen LogP contribution < -0.4 is 5.32 Å². The predicted molar refractivity (Wildman–Crippen MR) is 83.6 cm³/mol. The van der Waals surface area contributed by atoms with Crippen LogP contribution in [0.5, 0.6) is 0 Å². The monoisotopic (exact) mass is 299 g/mol. The largest absolute Gasteiger partial charge is 0.381 e. The van der Waals surface area contributed by atoms with Crippen LogP contribution in [0.1, 0.15) is 19.4 Å². The number of likely N-dealkylation sites (N-methyl/N-ethyl adjacent to an activating group) is 1. The van der Waals surface area contributed by atoms with Crippen LogP contribution in [0, 0.1) is 23.0 Å². The molecule has 0 radical (unpaired) electrons. The smallest absolute Gasteiger partial charge is 0.288 e. The Hall–Kier alpha value is -1.33. The Kier molecular flexibility index (Phi) is 5.77. The molecule has 20 heavy (non-hydrogen) atoms. The van der Waals surface area contributed by atoms with Crippen LogP contribution in [0.15, 0.2) is 12.1 Å². The second-order valence-corrected chi connectivity index (χ2v) is 6.04. The number of halogens is 1. The lowest BCUT2D eigenvalue weighted by Gasteiger charge is -2.27. The molecule has 1 N–H and O–H groups in total. The SMILES string of the molecule is Cc1cc([N+](=O)[O-])c(Cl)cc1NC(CN(C)C)C(C)C. The zero-order valence-corrected chi connectivity index (χ0v) is 13.4. The number of nitro groups is 1. The van der Waals surface area contributed by atoms with Gasteiger partial charge in [0.15, 0.2) is 0 Å². The fourth-order valence-corrected chi connectivity index (χ4v) is 2.21. The lowest BCUT2D eigenvalue weighted by atomic mass is 10.0. The Bertz CT molecular complexity index is 490. The first-order valence-electron chi connectivity index (χ1n) is 6.58. The van der Waals surface area contributed by atoms with Gasteiger partial charge in [0.2, 0.25) is 0 Å². The minimum absolute atomic E-state index is 0.0524. The van der Waals surface area contributed by atoms with E-state index in [1.54, 1.807) is 6.07 Å². The predicted octanol–water partition coefficient (Wildman–Crippen LogP) is 3.55. The molecule has 0 spiro atoms. The highest BCUT2D eigenvalue weighted by Gasteiger charge is 2.19. The summed E-state index contributed by atoms with van der Waals surface area (Å²) in [7, 11) is 4.04. The summed E-state index contributed by atoms with van der Waals surface area (Å²) in [5, 5.41) is 14.5. The molecule has 5 nitrogen and oxygen atoms in total. The maximum absolute atomic E-state index is 10.9. The molecule has 1 aromatic carbocycles. The van der Waals surface area contributed by atoms with Crippen LogP contribution in [0.3, 0.4) is 0 Å². The first-order chi connectivity index (χ1) is 9.22. The fourth-order valence-electron chi connectivity index (χ4n) is 1.98. The van der Waals surface area contributed by atoms with E-state index in [0.717, 1.165) is 17.8 Å². The summed E-state index contributed by atoms with van der Waals surface area (Å²) in [5.74, 6) is 0.436. The molecule has 1 unspecified atom stereocenters. The van der Waals surface area contributed by atoms with Gasteiger partial charge >= 0.3 is 0 Å². The van der Waals surface area contributed by atoms with Gasteiger partial charge < -0.3 is 10.2 Å². The van der Waals surface area contributed by atoms with E-state index in [1.807, 2.05) is 21.0 Å². The maximum Gasteiger partial charge on any atom is 0.288 e. The normalized spacial score (nSPS) is 12.8. The Labute approximate surface area is 125 Å². The number of anilines is 1. The highest BCUT2D eigenvalue weighted by atomic mass is 35.5. The first-order valence-corrected chi connectivity index (χ1v) is 6.96. The van der Waals surface area contributed by atoms with Gasteiger partial charge in [0.25, 0.3) is 5.69 Å². The Morgan fingerprint density at radius 3 is 2.45 bits per heavy atom. The second-order valence-electron chi connectivity index (χ2n) is 5.63. The van der Waals surface area contributed by atoms with Crippen molar-refractivity contribution in [2.75, 3.05) is 26.0 Å². The van der Waals surface area contributed by atoms with Crippen molar-refractivity contribution in [2.24, 2.45) is 5.92 Å². The van der Waals surface area contributed by atoms with E-state index < -0.39 is 4.92 Å². The van der Waals surface area contributed by atoms with Gasteiger partial charge in [-0.15, -0.1) is 0 Å². The molecule has 0 bridgehead atoms. The number of hydrogen-bond donors (Lipinski definition) is 1. The molecule has 0 aliphatic rings. The second kappa shape index (κ2) is 6.90. The quantitative estimate of drug-likeness (QED) is 0.644. The van der Waals surface area contributed by atoms with Crippen molar-refractivity contribution in [2.45, 2.75) is 26.8 Å². The molecule has 1 aromatic rings.